The van der Waals surface area contributed by atoms with Crippen molar-refractivity contribution in [3.63, 3.8) is 0 Å². The molecule has 0 aromatic rings. The summed E-state index contributed by atoms with van der Waals surface area (Å²) in [7, 11) is 0. The van der Waals surface area contributed by atoms with Gasteiger partial charge in [0.2, 0.25) is 0 Å². The van der Waals surface area contributed by atoms with Crippen molar-refractivity contribution in [2.24, 2.45) is 10.8 Å². The molecule has 7 nitrogen and oxygen atoms in total. The van der Waals surface area contributed by atoms with Crippen LogP contribution in [0.2, 0.25) is 0 Å². The first-order chi connectivity index (χ1) is 10.1. The first-order valence-corrected chi connectivity index (χ1v) is 7.68. The minimum Gasteiger partial charge on any atom is -0.394 e. The Morgan fingerprint density at radius 3 is 1.41 bits per heavy atom. The van der Waals surface area contributed by atoms with Crippen molar-refractivity contribution in [2.75, 3.05) is 13.2 Å². The summed E-state index contributed by atoms with van der Waals surface area (Å²) in [6, 6.07) is 0. The number of aliphatic hydroxyl groups excluding tert-OH is 7. The van der Waals surface area contributed by atoms with Crippen molar-refractivity contribution in [3.05, 3.63) is 0 Å². The number of aliphatic hydroxyl groups is 7. The highest BCUT2D eigenvalue weighted by Gasteiger charge is 2.51. The summed E-state index contributed by atoms with van der Waals surface area (Å²) < 4.78 is 0. The molecule has 0 aliphatic rings. The van der Waals surface area contributed by atoms with E-state index in [1.54, 1.807) is 13.8 Å². The number of hydrogen-bond donors (Lipinski definition) is 7. The Kier molecular flexibility index (Phi) is 8.43. The molecule has 7 heteroatoms. The molecule has 0 aromatic carbocycles. The van der Waals surface area contributed by atoms with Crippen LogP contribution >= 0.6 is 0 Å². The molecule has 7 N–H and O–H groups in total. The van der Waals surface area contributed by atoms with Crippen LogP contribution in [0.15, 0.2) is 0 Å². The van der Waals surface area contributed by atoms with Gasteiger partial charge in [-0.3, -0.25) is 0 Å². The molecule has 0 bridgehead atoms. The lowest BCUT2D eigenvalue weighted by atomic mass is 9.65. The normalized spacial score (nSPS) is 24.7. The Morgan fingerprint density at radius 1 is 0.682 bits per heavy atom. The standard InChI is InChI=1S/C15H32O7/c1-5-14(3,10(19)8-17)12(21)13(22)15(4,6-2)11(20)9(18)7-16/h9-13,16-22H,5-8H2,1-4H3. The van der Waals surface area contributed by atoms with Crippen LogP contribution in [0, 0.1) is 10.8 Å². The summed E-state index contributed by atoms with van der Waals surface area (Å²) >= 11 is 0. The minimum absolute atomic E-state index is 0.221. The van der Waals surface area contributed by atoms with Gasteiger partial charge in [0.15, 0.2) is 0 Å². The molecule has 0 aliphatic carbocycles. The highest BCUT2D eigenvalue weighted by atomic mass is 16.4. The highest BCUT2D eigenvalue weighted by molar-refractivity contribution is 5.00. The van der Waals surface area contributed by atoms with Crippen LogP contribution in [0.3, 0.4) is 0 Å². The van der Waals surface area contributed by atoms with Crippen LogP contribution in [-0.2, 0) is 0 Å². The maximum absolute atomic E-state index is 10.6. The number of hydrogen-bond acceptors (Lipinski definition) is 7. The monoisotopic (exact) mass is 324 g/mol. The summed E-state index contributed by atoms with van der Waals surface area (Å²) in [4.78, 5) is 0. The second-order valence-corrected chi connectivity index (χ2v) is 6.50. The molecule has 0 spiro atoms. The Balaban J connectivity index is 5.53. The predicted molar refractivity (Wildman–Crippen MR) is 81.0 cm³/mol. The van der Waals surface area contributed by atoms with E-state index < -0.39 is 54.6 Å². The third-order valence-electron chi connectivity index (χ3n) is 5.34. The molecule has 0 saturated carbocycles. The third kappa shape index (κ3) is 3.97. The fourth-order valence-electron chi connectivity index (χ4n) is 2.70. The van der Waals surface area contributed by atoms with Gasteiger partial charge < -0.3 is 35.7 Å². The SMILES string of the molecule is CCC(C)(C(O)CO)C(O)C(O)C(C)(CC)C(O)C(O)CO. The summed E-state index contributed by atoms with van der Waals surface area (Å²) in [6.45, 7) is 5.16. The van der Waals surface area contributed by atoms with Crippen LogP contribution in [0.1, 0.15) is 40.5 Å². The van der Waals surface area contributed by atoms with E-state index >= 15 is 0 Å². The van der Waals surface area contributed by atoms with Crippen LogP contribution in [0.25, 0.3) is 0 Å². The zero-order valence-corrected chi connectivity index (χ0v) is 13.8. The van der Waals surface area contributed by atoms with Gasteiger partial charge in [0, 0.05) is 10.8 Å². The molecule has 0 aliphatic heterocycles. The van der Waals surface area contributed by atoms with Gasteiger partial charge in [-0.15, -0.1) is 0 Å². The lowest BCUT2D eigenvalue weighted by Crippen LogP contribution is -2.59. The van der Waals surface area contributed by atoms with Gasteiger partial charge in [-0.1, -0.05) is 27.7 Å². The summed E-state index contributed by atoms with van der Waals surface area (Å²) in [6.07, 6.45) is -6.57. The van der Waals surface area contributed by atoms with E-state index in [1.165, 1.54) is 13.8 Å². The van der Waals surface area contributed by atoms with Gasteiger partial charge in [-0.05, 0) is 12.8 Å². The van der Waals surface area contributed by atoms with Crippen molar-refractivity contribution in [1.82, 2.24) is 0 Å². The molecular formula is C15H32O7. The quantitative estimate of drug-likeness (QED) is 0.262. The lowest BCUT2D eigenvalue weighted by Gasteiger charge is -2.47. The van der Waals surface area contributed by atoms with E-state index in [0.717, 1.165) is 0 Å². The van der Waals surface area contributed by atoms with E-state index in [-0.39, 0.29) is 12.8 Å². The lowest BCUT2D eigenvalue weighted by molar-refractivity contribution is -0.191. The topological polar surface area (TPSA) is 142 Å². The Labute approximate surface area is 131 Å². The Bertz CT molecular complexity index is 327. The average Bonchev–Trinajstić information content (AvgIpc) is 2.56. The molecule has 0 rings (SSSR count). The first kappa shape index (κ1) is 21.7. The van der Waals surface area contributed by atoms with Crippen molar-refractivity contribution >= 4 is 0 Å². The van der Waals surface area contributed by atoms with Crippen LogP contribution in [0.5, 0.6) is 0 Å². The largest absolute Gasteiger partial charge is 0.394 e. The van der Waals surface area contributed by atoms with Gasteiger partial charge in [0.25, 0.3) is 0 Å². The van der Waals surface area contributed by atoms with E-state index in [9.17, 15) is 25.5 Å². The van der Waals surface area contributed by atoms with Gasteiger partial charge in [0.05, 0.1) is 37.6 Å². The van der Waals surface area contributed by atoms with Gasteiger partial charge in [-0.2, -0.15) is 0 Å². The van der Waals surface area contributed by atoms with Crippen LogP contribution in [-0.4, -0.2) is 79.5 Å². The van der Waals surface area contributed by atoms with Gasteiger partial charge >= 0.3 is 0 Å². The molecule has 0 amide bonds. The molecule has 7 unspecified atom stereocenters. The highest BCUT2D eigenvalue weighted by Crippen LogP contribution is 2.41. The Morgan fingerprint density at radius 2 is 1.09 bits per heavy atom. The first-order valence-electron chi connectivity index (χ1n) is 7.68. The smallest absolute Gasteiger partial charge is 0.103 e. The van der Waals surface area contributed by atoms with Crippen LogP contribution in [0.4, 0.5) is 0 Å². The number of rotatable bonds is 10. The molecule has 0 saturated heterocycles. The second kappa shape index (κ2) is 8.54. The fourth-order valence-corrected chi connectivity index (χ4v) is 2.70. The maximum Gasteiger partial charge on any atom is 0.103 e. The van der Waals surface area contributed by atoms with Gasteiger partial charge in [0.1, 0.15) is 6.10 Å². The molecule has 0 radical (unpaired) electrons. The second-order valence-electron chi connectivity index (χ2n) is 6.50. The van der Waals surface area contributed by atoms with Crippen LogP contribution < -0.4 is 0 Å². The van der Waals surface area contributed by atoms with E-state index in [1.807, 2.05) is 0 Å². The molecule has 7 atom stereocenters. The van der Waals surface area contributed by atoms with Crippen molar-refractivity contribution in [2.45, 2.75) is 71.1 Å². The maximum atomic E-state index is 10.6. The summed E-state index contributed by atoms with van der Waals surface area (Å²) in [5.74, 6) is 0. The molecule has 134 valence electrons. The zero-order chi connectivity index (χ0) is 17.7. The molecular weight excluding hydrogens is 292 g/mol. The minimum atomic E-state index is -1.47. The van der Waals surface area contributed by atoms with E-state index in [0.29, 0.717) is 0 Å². The van der Waals surface area contributed by atoms with Crippen molar-refractivity contribution < 1.29 is 35.7 Å². The molecule has 0 heterocycles. The fraction of sp³-hybridized carbons (Fsp3) is 1.00. The van der Waals surface area contributed by atoms with Gasteiger partial charge in [-0.25, -0.2) is 0 Å². The van der Waals surface area contributed by atoms with E-state index in [4.69, 9.17) is 10.2 Å². The predicted octanol–water partition coefficient (Wildman–Crippen LogP) is -1.39. The summed E-state index contributed by atoms with van der Waals surface area (Å²) in [5, 5.41) is 69.1. The average molecular weight is 324 g/mol. The summed E-state index contributed by atoms with van der Waals surface area (Å²) in [5.41, 5.74) is -2.48. The molecule has 0 fully saturated rings. The zero-order valence-electron chi connectivity index (χ0n) is 13.8. The molecule has 22 heavy (non-hydrogen) atoms. The van der Waals surface area contributed by atoms with Crippen molar-refractivity contribution in [1.29, 1.82) is 0 Å². The Hall–Kier alpha value is -0.280. The molecule has 0 aromatic heterocycles. The third-order valence-corrected chi connectivity index (χ3v) is 5.34. The van der Waals surface area contributed by atoms with Crippen molar-refractivity contribution in [3.8, 4) is 0 Å². The van der Waals surface area contributed by atoms with E-state index in [2.05, 4.69) is 0 Å².